The van der Waals surface area contributed by atoms with Gasteiger partial charge in [0.05, 0.1) is 0 Å². The predicted molar refractivity (Wildman–Crippen MR) is 84.6 cm³/mol. The van der Waals surface area contributed by atoms with Crippen LogP contribution in [0.25, 0.3) is 0 Å². The number of nitrogens with zero attached hydrogens (tertiary/aromatic N) is 2. The molecule has 1 aromatic heterocycles. The summed E-state index contributed by atoms with van der Waals surface area (Å²) in [4.78, 5) is 5.68. The van der Waals surface area contributed by atoms with E-state index in [-0.39, 0.29) is 11.6 Å². The molecule has 6 heteroatoms. The second-order valence-corrected chi connectivity index (χ2v) is 5.56. The van der Waals surface area contributed by atoms with Crippen LogP contribution in [0.3, 0.4) is 0 Å². The Morgan fingerprint density at radius 3 is 2.67 bits per heavy atom. The van der Waals surface area contributed by atoms with Crippen molar-refractivity contribution in [2.45, 2.75) is 13.5 Å². The number of hydrogen-bond donors (Lipinski definition) is 1. The fraction of sp³-hybridized carbons (Fsp3) is 0.267. The van der Waals surface area contributed by atoms with Crippen LogP contribution in [0.4, 0.5) is 20.4 Å². The summed E-state index contributed by atoms with van der Waals surface area (Å²) in [6.45, 7) is 2.82. The van der Waals surface area contributed by atoms with Crippen molar-refractivity contribution in [1.82, 2.24) is 4.98 Å². The molecule has 0 amide bonds. The molecule has 0 atom stereocenters. The van der Waals surface area contributed by atoms with E-state index in [0.29, 0.717) is 13.1 Å². The number of hydrogen-bond acceptors (Lipinski definition) is 3. The molecule has 0 saturated heterocycles. The zero-order valence-corrected chi connectivity index (χ0v) is 13.4. The first-order chi connectivity index (χ1) is 10.0. The van der Waals surface area contributed by atoms with E-state index >= 15 is 0 Å². The second-order valence-electron chi connectivity index (χ2n) is 4.64. The van der Waals surface area contributed by atoms with E-state index in [1.165, 1.54) is 0 Å². The Hall–Kier alpha value is -1.69. The van der Waals surface area contributed by atoms with Crippen LogP contribution < -0.4 is 10.2 Å². The highest BCUT2D eigenvalue weighted by atomic mass is 79.9. The first-order valence-corrected chi connectivity index (χ1v) is 7.36. The Bertz CT molecular complexity index is 634. The number of benzene rings is 1. The number of nitrogens with one attached hydrogen (secondary N) is 1. The van der Waals surface area contributed by atoms with Gasteiger partial charge in [0.1, 0.15) is 0 Å². The van der Waals surface area contributed by atoms with Gasteiger partial charge in [-0.15, -0.1) is 0 Å². The SMILES string of the molecule is CCNc1nc(N(C)Cc2cccc(Br)c2)c(F)cc1F. The largest absolute Gasteiger partial charge is 0.368 e. The molecule has 0 aliphatic carbocycles. The van der Waals surface area contributed by atoms with Gasteiger partial charge in [-0.3, -0.25) is 0 Å². The van der Waals surface area contributed by atoms with Crippen LogP contribution in [0.5, 0.6) is 0 Å². The molecule has 2 aromatic rings. The van der Waals surface area contributed by atoms with Gasteiger partial charge in [0.25, 0.3) is 0 Å². The van der Waals surface area contributed by atoms with Crippen molar-refractivity contribution < 1.29 is 8.78 Å². The first kappa shape index (κ1) is 15.7. The lowest BCUT2D eigenvalue weighted by Gasteiger charge is -2.20. The maximum Gasteiger partial charge on any atom is 0.168 e. The summed E-state index contributed by atoms with van der Waals surface area (Å²) in [5.74, 6) is -1.18. The number of pyridine rings is 1. The van der Waals surface area contributed by atoms with E-state index in [4.69, 9.17) is 0 Å². The standard InChI is InChI=1S/C15H16BrF2N3/c1-3-19-14-12(17)8-13(18)15(20-14)21(2)9-10-5-4-6-11(16)7-10/h4-8H,3,9H2,1-2H3,(H,19,20). The minimum absolute atomic E-state index is 0.0648. The lowest BCUT2D eigenvalue weighted by Crippen LogP contribution is -2.20. The zero-order chi connectivity index (χ0) is 15.4. The second kappa shape index (κ2) is 6.85. The molecule has 1 aromatic carbocycles. The van der Waals surface area contributed by atoms with E-state index in [9.17, 15) is 8.78 Å². The van der Waals surface area contributed by atoms with Crippen molar-refractivity contribution in [3.63, 3.8) is 0 Å². The van der Waals surface area contributed by atoms with Gasteiger partial charge in [-0.25, -0.2) is 13.8 Å². The minimum Gasteiger partial charge on any atom is -0.368 e. The van der Waals surface area contributed by atoms with Crippen LogP contribution >= 0.6 is 15.9 Å². The van der Waals surface area contributed by atoms with E-state index < -0.39 is 11.6 Å². The quantitative estimate of drug-likeness (QED) is 0.871. The van der Waals surface area contributed by atoms with Crippen molar-refractivity contribution in [3.05, 3.63) is 52.0 Å². The number of rotatable bonds is 5. The molecular weight excluding hydrogens is 340 g/mol. The summed E-state index contributed by atoms with van der Waals surface area (Å²) in [5, 5.41) is 2.78. The van der Waals surface area contributed by atoms with Crippen LogP contribution in [0.1, 0.15) is 12.5 Å². The summed E-state index contributed by atoms with van der Waals surface area (Å²) >= 11 is 3.40. The predicted octanol–water partition coefficient (Wildman–Crippen LogP) is 4.19. The lowest BCUT2D eigenvalue weighted by atomic mass is 10.2. The molecule has 0 saturated carbocycles. The van der Waals surface area contributed by atoms with Crippen molar-refractivity contribution in [1.29, 1.82) is 0 Å². The third kappa shape index (κ3) is 3.91. The smallest absolute Gasteiger partial charge is 0.168 e. The van der Waals surface area contributed by atoms with Crippen molar-refractivity contribution in [2.75, 3.05) is 23.8 Å². The Balaban J connectivity index is 2.26. The highest BCUT2D eigenvalue weighted by Gasteiger charge is 2.15. The summed E-state index contributed by atoms with van der Waals surface area (Å²) in [6, 6.07) is 8.57. The van der Waals surface area contributed by atoms with Gasteiger partial charge >= 0.3 is 0 Å². The van der Waals surface area contributed by atoms with Crippen molar-refractivity contribution >= 4 is 27.6 Å². The van der Waals surface area contributed by atoms with Gasteiger partial charge in [-0.05, 0) is 24.6 Å². The third-order valence-electron chi connectivity index (χ3n) is 2.93. The van der Waals surface area contributed by atoms with Crippen LogP contribution in [-0.2, 0) is 6.54 Å². The maximum atomic E-state index is 13.9. The average Bonchev–Trinajstić information content (AvgIpc) is 2.41. The average molecular weight is 356 g/mol. The third-order valence-corrected chi connectivity index (χ3v) is 3.42. The monoisotopic (exact) mass is 355 g/mol. The highest BCUT2D eigenvalue weighted by molar-refractivity contribution is 9.10. The molecule has 2 rings (SSSR count). The molecule has 21 heavy (non-hydrogen) atoms. The van der Waals surface area contributed by atoms with Gasteiger partial charge in [0.2, 0.25) is 0 Å². The summed E-state index contributed by atoms with van der Waals surface area (Å²) in [7, 11) is 1.72. The fourth-order valence-corrected chi connectivity index (χ4v) is 2.45. The van der Waals surface area contributed by atoms with Gasteiger partial charge in [-0.2, -0.15) is 0 Å². The molecular formula is C15H16BrF2N3. The molecule has 0 radical (unpaired) electrons. The van der Waals surface area contributed by atoms with E-state index in [1.54, 1.807) is 11.9 Å². The van der Waals surface area contributed by atoms with Crippen LogP contribution in [0.2, 0.25) is 0 Å². The summed E-state index contributed by atoms with van der Waals surface area (Å²) in [5.41, 5.74) is 1.00. The fourth-order valence-electron chi connectivity index (χ4n) is 2.00. The van der Waals surface area contributed by atoms with E-state index in [1.807, 2.05) is 31.2 Å². The molecule has 1 N–H and O–H groups in total. The summed E-state index contributed by atoms with van der Waals surface area (Å²) < 4.78 is 28.4. The molecule has 0 aliphatic heterocycles. The minimum atomic E-state index is -0.686. The van der Waals surface area contributed by atoms with Gasteiger partial charge < -0.3 is 10.2 Å². The normalized spacial score (nSPS) is 10.5. The summed E-state index contributed by atoms with van der Waals surface area (Å²) in [6.07, 6.45) is 0. The van der Waals surface area contributed by atoms with Crippen LogP contribution in [-0.4, -0.2) is 18.6 Å². The number of halogens is 3. The maximum absolute atomic E-state index is 13.9. The van der Waals surface area contributed by atoms with Crippen molar-refractivity contribution in [2.24, 2.45) is 0 Å². The van der Waals surface area contributed by atoms with Crippen LogP contribution in [0.15, 0.2) is 34.8 Å². The molecule has 0 spiro atoms. The Labute approximate surface area is 131 Å². The lowest BCUT2D eigenvalue weighted by molar-refractivity contribution is 0.572. The Morgan fingerprint density at radius 2 is 2.00 bits per heavy atom. The molecule has 0 aliphatic rings. The van der Waals surface area contributed by atoms with E-state index in [0.717, 1.165) is 16.1 Å². The first-order valence-electron chi connectivity index (χ1n) is 6.56. The highest BCUT2D eigenvalue weighted by Crippen LogP contribution is 2.23. The van der Waals surface area contributed by atoms with Crippen LogP contribution in [0, 0.1) is 11.6 Å². The molecule has 112 valence electrons. The molecule has 1 heterocycles. The van der Waals surface area contributed by atoms with Gasteiger partial charge in [0, 0.05) is 30.7 Å². The Kier molecular flexibility index (Phi) is 5.12. The van der Waals surface area contributed by atoms with E-state index in [2.05, 4.69) is 26.2 Å². The number of anilines is 2. The zero-order valence-electron chi connectivity index (χ0n) is 11.8. The molecule has 3 nitrogen and oxygen atoms in total. The molecule has 0 fully saturated rings. The molecule has 0 bridgehead atoms. The van der Waals surface area contributed by atoms with Gasteiger partial charge in [-0.1, -0.05) is 28.1 Å². The van der Waals surface area contributed by atoms with Crippen molar-refractivity contribution in [3.8, 4) is 0 Å². The topological polar surface area (TPSA) is 28.2 Å². The van der Waals surface area contributed by atoms with Gasteiger partial charge in [0.15, 0.2) is 23.3 Å². The molecule has 0 unspecified atom stereocenters. The number of aromatic nitrogens is 1. The Morgan fingerprint density at radius 1 is 1.24 bits per heavy atom.